The van der Waals surface area contributed by atoms with Gasteiger partial charge in [0.25, 0.3) is 0 Å². The van der Waals surface area contributed by atoms with E-state index in [0.29, 0.717) is 17.8 Å². The Bertz CT molecular complexity index is 462. The van der Waals surface area contributed by atoms with Gasteiger partial charge in [-0.2, -0.15) is 11.8 Å². The highest BCUT2D eigenvalue weighted by molar-refractivity contribution is 7.99. The zero-order chi connectivity index (χ0) is 13.9. The summed E-state index contributed by atoms with van der Waals surface area (Å²) < 4.78 is 0. The van der Waals surface area contributed by atoms with Gasteiger partial charge in [0, 0.05) is 17.3 Å². The lowest BCUT2D eigenvalue weighted by molar-refractivity contribution is 0.328. The molecule has 0 aliphatic heterocycles. The van der Waals surface area contributed by atoms with Gasteiger partial charge in [-0.25, -0.2) is 0 Å². The summed E-state index contributed by atoms with van der Waals surface area (Å²) in [5.74, 6) is 0.405. The van der Waals surface area contributed by atoms with Crippen molar-refractivity contribution in [2.75, 3.05) is 6.26 Å². The maximum atomic E-state index is 9.78. The quantitative estimate of drug-likeness (QED) is 0.882. The Morgan fingerprint density at radius 3 is 2.85 bits per heavy atom. The maximum Gasteiger partial charge on any atom is 0.115 e. The van der Waals surface area contributed by atoms with Crippen molar-refractivity contribution >= 4 is 11.8 Å². The van der Waals surface area contributed by atoms with Crippen LogP contribution in [0.25, 0.3) is 0 Å². The molecule has 110 valence electrons. The monoisotopic (exact) mass is 291 g/mol. The van der Waals surface area contributed by atoms with E-state index in [0.717, 1.165) is 11.7 Å². The minimum atomic E-state index is 0.405. The van der Waals surface area contributed by atoms with Crippen LogP contribution in [-0.4, -0.2) is 22.7 Å². The average molecular weight is 291 g/mol. The summed E-state index contributed by atoms with van der Waals surface area (Å²) in [4.78, 5) is 0. The van der Waals surface area contributed by atoms with E-state index in [1.165, 1.54) is 49.7 Å². The second-order valence-corrected chi connectivity index (χ2v) is 7.24. The molecule has 3 heteroatoms. The molecule has 0 amide bonds. The van der Waals surface area contributed by atoms with Crippen molar-refractivity contribution in [3.63, 3.8) is 0 Å². The van der Waals surface area contributed by atoms with E-state index in [-0.39, 0.29) is 0 Å². The minimum Gasteiger partial charge on any atom is -0.508 e. The van der Waals surface area contributed by atoms with E-state index in [1.807, 2.05) is 23.9 Å². The Labute approximate surface area is 126 Å². The van der Waals surface area contributed by atoms with Gasteiger partial charge < -0.3 is 10.4 Å². The Balaban J connectivity index is 1.76. The summed E-state index contributed by atoms with van der Waals surface area (Å²) in [5.41, 5.74) is 2.75. The number of rotatable bonds is 3. The Morgan fingerprint density at radius 2 is 2.00 bits per heavy atom. The molecule has 0 radical (unpaired) electrons. The van der Waals surface area contributed by atoms with Crippen LogP contribution >= 0.6 is 11.8 Å². The molecule has 20 heavy (non-hydrogen) atoms. The standard InChI is InChI=1S/C17H25NOS/c1-20-17-8-3-2-6-16(17)18-15-7-4-5-12-9-10-13(19)11-14(12)15/h9-11,15-19H,2-8H2,1H3. The van der Waals surface area contributed by atoms with Crippen LogP contribution in [0.4, 0.5) is 0 Å². The van der Waals surface area contributed by atoms with Crippen LogP contribution in [0.15, 0.2) is 18.2 Å². The van der Waals surface area contributed by atoms with Crippen molar-refractivity contribution < 1.29 is 5.11 Å². The molecule has 2 aliphatic rings. The van der Waals surface area contributed by atoms with E-state index in [4.69, 9.17) is 0 Å². The first kappa shape index (κ1) is 14.3. The number of aromatic hydroxyl groups is 1. The molecule has 1 fully saturated rings. The summed E-state index contributed by atoms with van der Waals surface area (Å²) >= 11 is 2.01. The first-order valence-electron chi connectivity index (χ1n) is 7.88. The third-order valence-electron chi connectivity index (χ3n) is 4.86. The summed E-state index contributed by atoms with van der Waals surface area (Å²) in [6.45, 7) is 0. The van der Waals surface area contributed by atoms with Gasteiger partial charge in [-0.15, -0.1) is 0 Å². The average Bonchev–Trinajstić information content (AvgIpc) is 2.48. The van der Waals surface area contributed by atoms with Crippen LogP contribution < -0.4 is 5.32 Å². The Kier molecular flexibility index (Phi) is 4.57. The van der Waals surface area contributed by atoms with Gasteiger partial charge in [-0.3, -0.25) is 0 Å². The number of aryl methyl sites for hydroxylation is 1. The number of hydrogen-bond acceptors (Lipinski definition) is 3. The first-order valence-corrected chi connectivity index (χ1v) is 9.17. The van der Waals surface area contributed by atoms with Gasteiger partial charge in [0.15, 0.2) is 0 Å². The van der Waals surface area contributed by atoms with Crippen molar-refractivity contribution in [2.24, 2.45) is 0 Å². The Morgan fingerprint density at radius 1 is 1.15 bits per heavy atom. The lowest BCUT2D eigenvalue weighted by Gasteiger charge is -2.36. The lowest BCUT2D eigenvalue weighted by Crippen LogP contribution is -2.43. The molecule has 1 aromatic rings. The van der Waals surface area contributed by atoms with Crippen LogP contribution in [0.5, 0.6) is 5.75 Å². The third kappa shape index (κ3) is 2.99. The minimum absolute atomic E-state index is 0.405. The smallest absolute Gasteiger partial charge is 0.115 e. The van der Waals surface area contributed by atoms with Crippen molar-refractivity contribution in [3.05, 3.63) is 29.3 Å². The van der Waals surface area contributed by atoms with Gasteiger partial charge >= 0.3 is 0 Å². The van der Waals surface area contributed by atoms with Crippen LogP contribution in [0.3, 0.4) is 0 Å². The summed E-state index contributed by atoms with van der Waals surface area (Å²) in [6, 6.07) is 6.97. The molecule has 0 aromatic heterocycles. The number of hydrogen-bond donors (Lipinski definition) is 2. The molecule has 2 nitrogen and oxygen atoms in total. The highest BCUT2D eigenvalue weighted by Crippen LogP contribution is 2.35. The van der Waals surface area contributed by atoms with Crippen molar-refractivity contribution in [3.8, 4) is 5.75 Å². The molecule has 1 saturated carbocycles. The van der Waals surface area contributed by atoms with Gasteiger partial charge in [0.2, 0.25) is 0 Å². The molecule has 0 spiro atoms. The fourth-order valence-corrected chi connectivity index (χ4v) is 4.73. The highest BCUT2D eigenvalue weighted by atomic mass is 32.2. The second kappa shape index (κ2) is 6.40. The van der Waals surface area contributed by atoms with E-state index in [9.17, 15) is 5.11 Å². The predicted molar refractivity (Wildman–Crippen MR) is 86.5 cm³/mol. The number of nitrogens with one attached hydrogen (secondary N) is 1. The SMILES string of the molecule is CSC1CCCCC1NC1CCCc2ccc(O)cc21. The second-order valence-electron chi connectivity index (χ2n) is 6.16. The van der Waals surface area contributed by atoms with E-state index < -0.39 is 0 Å². The molecule has 3 atom stereocenters. The number of phenolic OH excluding ortho intramolecular Hbond substituents is 1. The van der Waals surface area contributed by atoms with E-state index in [2.05, 4.69) is 17.6 Å². The van der Waals surface area contributed by atoms with Gasteiger partial charge in [0.05, 0.1) is 0 Å². The fourth-order valence-electron chi connectivity index (χ4n) is 3.79. The molecule has 2 N–H and O–H groups in total. The summed E-state index contributed by atoms with van der Waals surface area (Å²) in [5, 5.41) is 14.4. The summed E-state index contributed by atoms with van der Waals surface area (Å²) in [6.07, 6.45) is 11.2. The summed E-state index contributed by atoms with van der Waals surface area (Å²) in [7, 11) is 0. The Hall–Kier alpha value is -0.670. The molecule has 0 heterocycles. The normalized spacial score (nSPS) is 29.9. The number of fused-ring (bicyclic) bond motifs is 1. The molecule has 2 aliphatic carbocycles. The van der Waals surface area contributed by atoms with Crippen molar-refractivity contribution in [2.45, 2.75) is 62.3 Å². The zero-order valence-corrected chi connectivity index (χ0v) is 13.1. The van der Waals surface area contributed by atoms with E-state index >= 15 is 0 Å². The molecule has 1 aromatic carbocycles. The number of thioether (sulfide) groups is 1. The van der Waals surface area contributed by atoms with E-state index in [1.54, 1.807) is 0 Å². The van der Waals surface area contributed by atoms with Crippen molar-refractivity contribution in [1.29, 1.82) is 0 Å². The van der Waals surface area contributed by atoms with Gasteiger partial charge in [-0.1, -0.05) is 18.9 Å². The van der Waals surface area contributed by atoms with Crippen LogP contribution in [0.2, 0.25) is 0 Å². The topological polar surface area (TPSA) is 32.3 Å². The predicted octanol–water partition coefficient (Wildman–Crippen LogP) is 4.03. The zero-order valence-electron chi connectivity index (χ0n) is 12.3. The molecule has 3 unspecified atom stereocenters. The van der Waals surface area contributed by atoms with Crippen molar-refractivity contribution in [1.82, 2.24) is 5.32 Å². The number of benzene rings is 1. The molecular weight excluding hydrogens is 266 g/mol. The largest absolute Gasteiger partial charge is 0.508 e. The first-order chi connectivity index (χ1) is 9.78. The highest BCUT2D eigenvalue weighted by Gasteiger charge is 2.29. The van der Waals surface area contributed by atoms with Crippen LogP contribution in [-0.2, 0) is 6.42 Å². The molecule has 0 bridgehead atoms. The molecule has 3 rings (SSSR count). The van der Waals surface area contributed by atoms with Crippen LogP contribution in [0, 0.1) is 0 Å². The lowest BCUT2D eigenvalue weighted by atomic mass is 9.85. The van der Waals surface area contributed by atoms with Gasteiger partial charge in [-0.05, 0) is 61.6 Å². The van der Waals surface area contributed by atoms with Crippen LogP contribution in [0.1, 0.15) is 55.7 Å². The fraction of sp³-hybridized carbons (Fsp3) is 0.647. The van der Waals surface area contributed by atoms with Gasteiger partial charge in [0.1, 0.15) is 5.75 Å². The molecule has 0 saturated heterocycles. The molecular formula is C17H25NOS. The third-order valence-corrected chi connectivity index (χ3v) is 6.03. The maximum absolute atomic E-state index is 9.78. The number of phenols is 1.